The minimum atomic E-state index is -0.0973. The van der Waals surface area contributed by atoms with Crippen LogP contribution in [-0.4, -0.2) is 0 Å². The Morgan fingerprint density at radius 1 is 0.460 bits per heavy atom. The Morgan fingerprint density at radius 2 is 1.06 bits per heavy atom. The van der Waals surface area contributed by atoms with Gasteiger partial charge in [-0.25, -0.2) is 0 Å². The van der Waals surface area contributed by atoms with Crippen molar-refractivity contribution in [2.45, 2.75) is 58.3 Å². The smallest absolute Gasteiger partial charge is 0.0543 e. The molecule has 2 aliphatic carbocycles. The number of hydrogen-bond donors (Lipinski definition) is 0. The van der Waals surface area contributed by atoms with Gasteiger partial charge in [-0.3, -0.25) is 0 Å². The van der Waals surface area contributed by atoms with Crippen LogP contribution >= 0.6 is 0 Å². The van der Waals surface area contributed by atoms with Crippen molar-refractivity contribution in [2.75, 3.05) is 4.90 Å². The quantitative estimate of drug-likeness (QED) is 0.180. The van der Waals surface area contributed by atoms with Crippen molar-refractivity contribution in [1.29, 1.82) is 0 Å². The van der Waals surface area contributed by atoms with Gasteiger partial charge < -0.3 is 4.90 Å². The fraction of sp³-hybridized carbons (Fsp3) is 0.184. The second-order valence-electron chi connectivity index (χ2n) is 15.6. The zero-order chi connectivity index (χ0) is 34.4. The van der Waals surface area contributed by atoms with Gasteiger partial charge in [-0.15, -0.1) is 0 Å². The predicted molar refractivity (Wildman–Crippen MR) is 213 cm³/mol. The third-order valence-corrected chi connectivity index (χ3v) is 11.6. The molecule has 0 radical (unpaired) electrons. The molecule has 0 saturated carbocycles. The van der Waals surface area contributed by atoms with Crippen molar-refractivity contribution in [2.24, 2.45) is 0 Å². The van der Waals surface area contributed by atoms with Crippen LogP contribution in [0.3, 0.4) is 0 Å². The van der Waals surface area contributed by atoms with Gasteiger partial charge in [0.05, 0.1) is 5.69 Å². The molecule has 244 valence electrons. The van der Waals surface area contributed by atoms with Gasteiger partial charge in [0.1, 0.15) is 0 Å². The van der Waals surface area contributed by atoms with Gasteiger partial charge in [0.15, 0.2) is 0 Å². The number of nitrogens with zero attached hydrogens (tertiary/aromatic N) is 1. The second kappa shape index (κ2) is 11.1. The molecule has 0 aliphatic heterocycles. The maximum Gasteiger partial charge on any atom is 0.0543 e. The molecule has 7 aromatic carbocycles. The van der Waals surface area contributed by atoms with E-state index in [2.05, 4.69) is 192 Å². The van der Waals surface area contributed by atoms with Gasteiger partial charge in [-0.05, 0) is 103 Å². The summed E-state index contributed by atoms with van der Waals surface area (Å²) in [5, 5.41) is 2.55. The van der Waals surface area contributed by atoms with Crippen molar-refractivity contribution in [3.63, 3.8) is 0 Å². The van der Waals surface area contributed by atoms with E-state index >= 15 is 0 Å². The van der Waals surface area contributed by atoms with E-state index in [4.69, 9.17) is 0 Å². The van der Waals surface area contributed by atoms with E-state index < -0.39 is 0 Å². The highest BCUT2D eigenvalue weighted by atomic mass is 15.1. The first kappa shape index (κ1) is 30.6. The largest absolute Gasteiger partial charge is 0.310 e. The number of fused-ring (bicyclic) bond motifs is 7. The van der Waals surface area contributed by atoms with E-state index in [1.807, 2.05) is 0 Å². The molecule has 0 amide bonds. The summed E-state index contributed by atoms with van der Waals surface area (Å²) in [4.78, 5) is 2.57. The average Bonchev–Trinajstić information content (AvgIpc) is 3.51. The molecule has 0 unspecified atom stereocenters. The summed E-state index contributed by atoms with van der Waals surface area (Å²) in [7, 11) is 0. The fourth-order valence-corrected chi connectivity index (χ4v) is 9.03. The summed E-state index contributed by atoms with van der Waals surface area (Å²) in [5.41, 5.74) is 18.3. The Kier molecular flexibility index (Phi) is 6.78. The lowest BCUT2D eigenvalue weighted by Gasteiger charge is -2.32. The van der Waals surface area contributed by atoms with E-state index in [9.17, 15) is 0 Å². The zero-order valence-electron chi connectivity index (χ0n) is 29.9. The molecule has 7 aromatic rings. The standard InChI is InChI=1S/C49H43N/c1-31(2)40-29-33(36-20-13-16-32-15-7-8-17-35(32)36)25-28-45(40)50(34-26-27-38-37-18-9-11-21-41(37)49(5,6)44(38)30-34)46-24-14-23-43-47(46)39-19-10-12-22-42(39)48(43,3)4/h7-31H,1-6H3. The summed E-state index contributed by atoms with van der Waals surface area (Å²) in [6.07, 6.45) is 0. The molecule has 1 heteroatoms. The molecular weight excluding hydrogens is 603 g/mol. The van der Waals surface area contributed by atoms with Gasteiger partial charge in [0.25, 0.3) is 0 Å². The van der Waals surface area contributed by atoms with Crippen molar-refractivity contribution >= 4 is 27.8 Å². The van der Waals surface area contributed by atoms with Crippen molar-refractivity contribution in [1.82, 2.24) is 0 Å². The average molecular weight is 646 g/mol. The number of benzene rings is 7. The molecule has 1 nitrogen and oxygen atoms in total. The first-order valence-corrected chi connectivity index (χ1v) is 18.1. The van der Waals surface area contributed by atoms with E-state index in [0.29, 0.717) is 5.92 Å². The Morgan fingerprint density at radius 3 is 1.86 bits per heavy atom. The molecule has 9 rings (SSSR count). The Hall–Kier alpha value is -5.40. The lowest BCUT2D eigenvalue weighted by Crippen LogP contribution is -2.18. The number of anilines is 3. The van der Waals surface area contributed by atoms with Crippen molar-refractivity contribution in [3.8, 4) is 33.4 Å². The molecule has 0 aromatic heterocycles. The molecule has 0 heterocycles. The third kappa shape index (κ3) is 4.39. The molecule has 0 atom stereocenters. The summed E-state index contributed by atoms with van der Waals surface area (Å²) in [6, 6.07) is 54.6. The van der Waals surface area contributed by atoms with E-state index in [1.165, 1.54) is 89.0 Å². The van der Waals surface area contributed by atoms with Gasteiger partial charge in [-0.2, -0.15) is 0 Å². The van der Waals surface area contributed by atoms with Crippen molar-refractivity contribution in [3.05, 3.63) is 173 Å². The topological polar surface area (TPSA) is 3.24 Å². The molecule has 0 spiro atoms. The molecule has 0 bridgehead atoms. The van der Waals surface area contributed by atoms with Gasteiger partial charge in [0, 0.05) is 27.8 Å². The maximum atomic E-state index is 2.57. The van der Waals surface area contributed by atoms with Gasteiger partial charge in [0.2, 0.25) is 0 Å². The highest BCUT2D eigenvalue weighted by molar-refractivity contribution is 5.99. The molecule has 0 N–H and O–H groups in total. The SMILES string of the molecule is CC(C)c1cc(-c2cccc3ccccc23)ccc1N(c1ccc2c(c1)C(C)(C)c1ccccc1-2)c1cccc2c1-c1ccccc1C2(C)C. The van der Waals surface area contributed by atoms with Crippen LogP contribution in [0, 0.1) is 0 Å². The van der Waals surface area contributed by atoms with Gasteiger partial charge in [-0.1, -0.05) is 157 Å². The van der Waals surface area contributed by atoms with Crippen LogP contribution in [0.5, 0.6) is 0 Å². The lowest BCUT2D eigenvalue weighted by molar-refractivity contribution is 0.660. The summed E-state index contributed by atoms with van der Waals surface area (Å²) < 4.78 is 0. The second-order valence-corrected chi connectivity index (χ2v) is 15.6. The normalized spacial score (nSPS) is 14.7. The van der Waals surface area contributed by atoms with E-state index in [0.717, 1.165) is 0 Å². The van der Waals surface area contributed by atoms with Crippen LogP contribution in [0.4, 0.5) is 17.1 Å². The number of rotatable bonds is 5. The van der Waals surface area contributed by atoms with Crippen LogP contribution in [-0.2, 0) is 10.8 Å². The molecule has 50 heavy (non-hydrogen) atoms. The Bertz CT molecular complexity index is 2470. The van der Waals surface area contributed by atoms with Crippen LogP contribution in [0.2, 0.25) is 0 Å². The highest BCUT2D eigenvalue weighted by Crippen LogP contribution is 2.56. The monoisotopic (exact) mass is 645 g/mol. The molecular formula is C49H43N. The highest BCUT2D eigenvalue weighted by Gasteiger charge is 2.39. The minimum Gasteiger partial charge on any atom is -0.310 e. The summed E-state index contributed by atoms with van der Waals surface area (Å²) in [6.45, 7) is 14.2. The van der Waals surface area contributed by atoms with Crippen LogP contribution in [0.1, 0.15) is 75.3 Å². The summed E-state index contributed by atoms with van der Waals surface area (Å²) >= 11 is 0. The van der Waals surface area contributed by atoms with E-state index in [-0.39, 0.29) is 10.8 Å². The third-order valence-electron chi connectivity index (χ3n) is 11.6. The molecule has 0 saturated heterocycles. The van der Waals surface area contributed by atoms with Gasteiger partial charge >= 0.3 is 0 Å². The van der Waals surface area contributed by atoms with Crippen molar-refractivity contribution < 1.29 is 0 Å². The number of hydrogen-bond acceptors (Lipinski definition) is 1. The molecule has 0 fully saturated rings. The lowest BCUT2D eigenvalue weighted by atomic mass is 9.82. The van der Waals surface area contributed by atoms with Crippen LogP contribution in [0.15, 0.2) is 146 Å². The van der Waals surface area contributed by atoms with Crippen LogP contribution < -0.4 is 4.90 Å². The minimum absolute atomic E-state index is 0.0890. The Labute approximate surface area is 296 Å². The zero-order valence-corrected chi connectivity index (χ0v) is 29.9. The predicted octanol–water partition coefficient (Wildman–Crippen LogP) is 13.7. The molecule has 2 aliphatic rings. The fourth-order valence-electron chi connectivity index (χ4n) is 9.03. The maximum absolute atomic E-state index is 2.57. The Balaban J connectivity index is 1.31. The van der Waals surface area contributed by atoms with E-state index in [1.54, 1.807) is 0 Å². The summed E-state index contributed by atoms with van der Waals surface area (Å²) in [5.74, 6) is 0.304. The first-order valence-electron chi connectivity index (χ1n) is 18.1. The van der Waals surface area contributed by atoms with Crippen LogP contribution in [0.25, 0.3) is 44.2 Å². The first-order chi connectivity index (χ1) is 24.2.